The lowest BCUT2D eigenvalue weighted by Crippen LogP contribution is -2.36. The number of halogens is 1. The van der Waals surface area contributed by atoms with E-state index in [-0.39, 0.29) is 17.7 Å². The number of nitrogens with one attached hydrogen (secondary N) is 1. The molecule has 0 fully saturated rings. The molecule has 1 atom stereocenters. The molecule has 1 aromatic carbocycles. The van der Waals surface area contributed by atoms with Gasteiger partial charge in [-0.2, -0.15) is 0 Å². The van der Waals surface area contributed by atoms with Crippen LogP contribution in [-0.2, 0) is 9.53 Å². The predicted molar refractivity (Wildman–Crippen MR) is 90.8 cm³/mol. The van der Waals surface area contributed by atoms with Crippen LogP contribution < -0.4 is 11.2 Å². The molecule has 0 saturated heterocycles. The Morgan fingerprint density at radius 2 is 2.13 bits per heavy atom. The van der Waals surface area contributed by atoms with E-state index in [1.807, 2.05) is 19.1 Å². The zero-order valence-corrected chi connectivity index (χ0v) is 14.4. The highest BCUT2D eigenvalue weighted by Gasteiger charge is 2.14. The van der Waals surface area contributed by atoms with Gasteiger partial charge < -0.3 is 15.9 Å². The SMILES string of the molecule is COC[C@H](C)NC(=O)CSc1nnc(-c2ccc(Cl)cc2)n1N. The number of methoxy groups -OCH3 is 1. The number of nitrogen functional groups attached to an aromatic ring is 1. The van der Waals surface area contributed by atoms with Crippen molar-refractivity contribution in [2.24, 2.45) is 0 Å². The van der Waals surface area contributed by atoms with Gasteiger partial charge in [0, 0.05) is 23.7 Å². The van der Waals surface area contributed by atoms with Gasteiger partial charge in [-0.05, 0) is 31.2 Å². The van der Waals surface area contributed by atoms with Gasteiger partial charge >= 0.3 is 0 Å². The number of carbonyl (C=O) groups excluding carboxylic acids is 1. The number of aromatic nitrogens is 3. The van der Waals surface area contributed by atoms with Crippen molar-refractivity contribution in [1.82, 2.24) is 20.2 Å². The first-order valence-electron chi connectivity index (χ1n) is 6.88. The highest BCUT2D eigenvalue weighted by atomic mass is 35.5. The van der Waals surface area contributed by atoms with E-state index in [1.165, 1.54) is 16.4 Å². The van der Waals surface area contributed by atoms with E-state index in [9.17, 15) is 4.79 Å². The van der Waals surface area contributed by atoms with Gasteiger partial charge in [-0.15, -0.1) is 10.2 Å². The normalized spacial score (nSPS) is 12.1. The number of thioether (sulfide) groups is 1. The molecule has 23 heavy (non-hydrogen) atoms. The van der Waals surface area contributed by atoms with Gasteiger partial charge in [-0.1, -0.05) is 23.4 Å². The summed E-state index contributed by atoms with van der Waals surface area (Å²) in [6, 6.07) is 7.08. The Labute approximate surface area is 143 Å². The molecule has 124 valence electrons. The summed E-state index contributed by atoms with van der Waals surface area (Å²) >= 11 is 7.08. The van der Waals surface area contributed by atoms with Crippen LogP contribution in [0.5, 0.6) is 0 Å². The Bertz CT molecular complexity index is 662. The fraction of sp³-hybridized carbons (Fsp3) is 0.357. The van der Waals surface area contributed by atoms with Gasteiger partial charge in [0.1, 0.15) is 0 Å². The first kappa shape index (κ1) is 17.6. The number of nitrogens with zero attached hydrogens (tertiary/aromatic N) is 3. The van der Waals surface area contributed by atoms with Gasteiger partial charge in [-0.3, -0.25) is 4.79 Å². The number of benzene rings is 1. The second-order valence-corrected chi connectivity index (χ2v) is 6.27. The van der Waals surface area contributed by atoms with Crippen LogP contribution in [0.15, 0.2) is 29.4 Å². The average Bonchev–Trinajstić information content (AvgIpc) is 2.87. The van der Waals surface area contributed by atoms with Crippen LogP contribution in [0.2, 0.25) is 5.02 Å². The van der Waals surface area contributed by atoms with Crippen molar-refractivity contribution in [2.75, 3.05) is 25.3 Å². The first-order chi connectivity index (χ1) is 11.0. The van der Waals surface area contributed by atoms with E-state index in [0.717, 1.165) is 5.56 Å². The van der Waals surface area contributed by atoms with Crippen molar-refractivity contribution in [1.29, 1.82) is 0 Å². The van der Waals surface area contributed by atoms with Gasteiger partial charge in [0.2, 0.25) is 11.1 Å². The molecule has 0 spiro atoms. The summed E-state index contributed by atoms with van der Waals surface area (Å²) in [5, 5.41) is 12.0. The minimum atomic E-state index is -0.115. The van der Waals surface area contributed by atoms with Crippen molar-refractivity contribution in [3.8, 4) is 11.4 Å². The van der Waals surface area contributed by atoms with E-state index < -0.39 is 0 Å². The molecule has 1 amide bonds. The lowest BCUT2D eigenvalue weighted by atomic mass is 10.2. The average molecular weight is 356 g/mol. The minimum absolute atomic E-state index is 0.0477. The number of amides is 1. The van der Waals surface area contributed by atoms with Crippen LogP contribution in [0.25, 0.3) is 11.4 Å². The Kier molecular flexibility index (Phi) is 6.26. The number of nitrogens with two attached hydrogens (primary N) is 1. The monoisotopic (exact) mass is 355 g/mol. The van der Waals surface area contributed by atoms with E-state index >= 15 is 0 Å². The van der Waals surface area contributed by atoms with Crippen LogP contribution in [0, 0.1) is 0 Å². The largest absolute Gasteiger partial charge is 0.383 e. The highest BCUT2D eigenvalue weighted by molar-refractivity contribution is 7.99. The third kappa shape index (κ3) is 4.85. The maximum atomic E-state index is 11.8. The van der Waals surface area contributed by atoms with Gasteiger partial charge in [0.05, 0.1) is 12.4 Å². The molecule has 3 N–H and O–H groups in total. The van der Waals surface area contributed by atoms with E-state index in [1.54, 1.807) is 19.2 Å². The quantitative estimate of drug-likeness (QED) is 0.578. The molecule has 9 heteroatoms. The van der Waals surface area contributed by atoms with Gasteiger partial charge in [-0.25, -0.2) is 4.68 Å². The molecule has 7 nitrogen and oxygen atoms in total. The third-order valence-corrected chi connectivity index (χ3v) is 4.12. The molecule has 2 aromatic rings. The second-order valence-electron chi connectivity index (χ2n) is 4.90. The summed E-state index contributed by atoms with van der Waals surface area (Å²) < 4.78 is 6.33. The van der Waals surface area contributed by atoms with Crippen LogP contribution in [-0.4, -0.2) is 46.3 Å². The molecule has 0 unspecified atom stereocenters. The molecule has 0 aliphatic carbocycles. The summed E-state index contributed by atoms with van der Waals surface area (Å²) in [7, 11) is 1.59. The molecular weight excluding hydrogens is 338 g/mol. The Balaban J connectivity index is 1.97. The first-order valence-corrected chi connectivity index (χ1v) is 8.25. The van der Waals surface area contributed by atoms with Crippen molar-refractivity contribution in [2.45, 2.75) is 18.1 Å². The topological polar surface area (TPSA) is 95.1 Å². The fourth-order valence-corrected chi connectivity index (χ4v) is 2.70. The van der Waals surface area contributed by atoms with Crippen molar-refractivity contribution < 1.29 is 9.53 Å². The van der Waals surface area contributed by atoms with E-state index in [2.05, 4.69) is 15.5 Å². The molecule has 0 aliphatic heterocycles. The molecule has 1 aromatic heterocycles. The van der Waals surface area contributed by atoms with Crippen LogP contribution in [0.4, 0.5) is 0 Å². The molecule has 2 rings (SSSR count). The second kappa shape index (κ2) is 8.19. The lowest BCUT2D eigenvalue weighted by Gasteiger charge is -2.12. The Hall–Kier alpha value is -1.77. The Morgan fingerprint density at radius 1 is 1.43 bits per heavy atom. The Morgan fingerprint density at radius 3 is 2.78 bits per heavy atom. The number of carbonyl (C=O) groups is 1. The molecule has 0 saturated carbocycles. The molecule has 0 bridgehead atoms. The zero-order chi connectivity index (χ0) is 16.8. The zero-order valence-electron chi connectivity index (χ0n) is 12.8. The smallest absolute Gasteiger partial charge is 0.230 e. The maximum absolute atomic E-state index is 11.8. The van der Waals surface area contributed by atoms with E-state index in [0.29, 0.717) is 22.6 Å². The number of hydrogen-bond acceptors (Lipinski definition) is 6. The number of hydrogen-bond donors (Lipinski definition) is 2. The van der Waals surface area contributed by atoms with Crippen LogP contribution >= 0.6 is 23.4 Å². The van der Waals surface area contributed by atoms with E-state index in [4.69, 9.17) is 22.2 Å². The van der Waals surface area contributed by atoms with Crippen LogP contribution in [0.3, 0.4) is 0 Å². The standard InChI is InChI=1S/C14H18ClN5O2S/c1-9(7-22-2)17-12(21)8-23-14-19-18-13(20(14)16)10-3-5-11(15)6-4-10/h3-6,9H,7-8,16H2,1-2H3,(H,17,21)/t9-/m0/s1. The predicted octanol–water partition coefficient (Wildman–Crippen LogP) is 1.56. The summed E-state index contributed by atoms with van der Waals surface area (Å²) in [4.78, 5) is 11.8. The summed E-state index contributed by atoms with van der Waals surface area (Å²) in [6.07, 6.45) is 0. The summed E-state index contributed by atoms with van der Waals surface area (Å²) in [5.74, 6) is 6.59. The van der Waals surface area contributed by atoms with Gasteiger partial charge in [0.25, 0.3) is 0 Å². The molecule has 0 aliphatic rings. The third-order valence-electron chi connectivity index (χ3n) is 2.92. The minimum Gasteiger partial charge on any atom is -0.383 e. The van der Waals surface area contributed by atoms with Gasteiger partial charge in [0.15, 0.2) is 5.82 Å². The summed E-state index contributed by atoms with van der Waals surface area (Å²) in [5.41, 5.74) is 0.800. The molecular formula is C14H18ClN5O2S. The number of ether oxygens (including phenoxy) is 1. The van der Waals surface area contributed by atoms with Crippen molar-refractivity contribution in [3.05, 3.63) is 29.3 Å². The maximum Gasteiger partial charge on any atom is 0.230 e. The molecule has 0 radical (unpaired) electrons. The summed E-state index contributed by atoms with van der Waals surface area (Å²) in [6.45, 7) is 2.33. The highest BCUT2D eigenvalue weighted by Crippen LogP contribution is 2.22. The lowest BCUT2D eigenvalue weighted by molar-refractivity contribution is -0.119. The number of rotatable bonds is 7. The van der Waals surface area contributed by atoms with Crippen molar-refractivity contribution in [3.63, 3.8) is 0 Å². The van der Waals surface area contributed by atoms with Crippen LogP contribution in [0.1, 0.15) is 6.92 Å². The fourth-order valence-electron chi connectivity index (χ4n) is 1.91. The molecule has 1 heterocycles. The van der Waals surface area contributed by atoms with Crippen molar-refractivity contribution >= 4 is 29.3 Å².